The van der Waals surface area contributed by atoms with Gasteiger partial charge in [0.15, 0.2) is 0 Å². The van der Waals surface area contributed by atoms with Crippen molar-refractivity contribution in [1.82, 2.24) is 25.0 Å². The molecule has 2 aromatic heterocycles. The van der Waals surface area contributed by atoms with Crippen LogP contribution in [0.25, 0.3) is 0 Å². The number of rotatable bonds is 6. The molecule has 0 aromatic carbocycles. The van der Waals surface area contributed by atoms with Crippen LogP contribution in [0.15, 0.2) is 29.5 Å². The van der Waals surface area contributed by atoms with Crippen LogP contribution in [0.1, 0.15) is 24.6 Å². The lowest BCUT2D eigenvalue weighted by atomic mass is 10.1. The second-order valence-electron chi connectivity index (χ2n) is 4.83. The molecule has 1 amide bonds. The lowest BCUT2D eigenvalue weighted by molar-refractivity contribution is -0.124. The van der Waals surface area contributed by atoms with Crippen molar-refractivity contribution < 1.29 is 4.79 Å². The smallest absolute Gasteiger partial charge is 0.244 e. The molecule has 2 heterocycles. The molecule has 6 nitrogen and oxygen atoms in total. The van der Waals surface area contributed by atoms with E-state index in [0.717, 1.165) is 0 Å². The van der Waals surface area contributed by atoms with Gasteiger partial charge in [-0.15, -0.1) is 0 Å². The van der Waals surface area contributed by atoms with Gasteiger partial charge in [0.1, 0.15) is 18.7 Å². The Balaban J connectivity index is 1.94. The van der Waals surface area contributed by atoms with Gasteiger partial charge in [-0.25, -0.2) is 9.67 Å². The monoisotopic (exact) mass is 293 g/mol. The molecule has 0 radical (unpaired) electrons. The lowest BCUT2D eigenvalue weighted by Gasteiger charge is -2.24. The molecule has 108 valence electrons. The van der Waals surface area contributed by atoms with E-state index in [1.54, 1.807) is 29.3 Å². The number of nitrogens with one attached hydrogen (secondary N) is 1. The van der Waals surface area contributed by atoms with E-state index in [2.05, 4.69) is 31.7 Å². The molecule has 0 aliphatic heterocycles. The van der Waals surface area contributed by atoms with Crippen molar-refractivity contribution in [1.29, 1.82) is 0 Å². The zero-order valence-corrected chi connectivity index (χ0v) is 12.7. The molecule has 0 spiro atoms. The minimum absolute atomic E-state index is 0.0578. The Labute approximate surface area is 122 Å². The second-order valence-corrected chi connectivity index (χ2v) is 5.61. The van der Waals surface area contributed by atoms with E-state index in [1.165, 1.54) is 11.9 Å². The Morgan fingerprint density at radius 1 is 1.55 bits per heavy atom. The normalized spacial score (nSPS) is 14.2. The van der Waals surface area contributed by atoms with Crippen LogP contribution in [0.4, 0.5) is 0 Å². The quantitative estimate of drug-likeness (QED) is 0.872. The van der Waals surface area contributed by atoms with E-state index in [0.29, 0.717) is 6.54 Å². The average Bonchev–Trinajstić information content (AvgIpc) is 3.10. The van der Waals surface area contributed by atoms with Crippen molar-refractivity contribution in [3.63, 3.8) is 0 Å². The largest absolute Gasteiger partial charge is 0.352 e. The fourth-order valence-electron chi connectivity index (χ4n) is 1.95. The van der Waals surface area contributed by atoms with Crippen molar-refractivity contribution in [3.8, 4) is 0 Å². The Morgan fingerprint density at radius 2 is 2.35 bits per heavy atom. The Morgan fingerprint density at radius 3 is 2.90 bits per heavy atom. The number of nitrogens with zero attached hydrogens (tertiary/aromatic N) is 4. The summed E-state index contributed by atoms with van der Waals surface area (Å²) in [6.45, 7) is 2.38. The molecule has 0 saturated carbocycles. The van der Waals surface area contributed by atoms with Crippen LogP contribution in [-0.2, 0) is 4.79 Å². The summed E-state index contributed by atoms with van der Waals surface area (Å²) in [7, 11) is 4.02. The number of amides is 1. The van der Waals surface area contributed by atoms with E-state index >= 15 is 0 Å². The first-order valence-electron chi connectivity index (χ1n) is 6.40. The molecule has 0 unspecified atom stereocenters. The van der Waals surface area contributed by atoms with Crippen molar-refractivity contribution in [2.24, 2.45) is 0 Å². The van der Waals surface area contributed by atoms with Gasteiger partial charge in [0.2, 0.25) is 5.91 Å². The third-order valence-electron chi connectivity index (χ3n) is 3.23. The summed E-state index contributed by atoms with van der Waals surface area (Å²) in [6.07, 6.45) is 2.98. The predicted molar refractivity (Wildman–Crippen MR) is 78.5 cm³/mol. The predicted octanol–water partition coefficient (Wildman–Crippen LogP) is 1.32. The molecule has 0 saturated heterocycles. The third kappa shape index (κ3) is 3.43. The van der Waals surface area contributed by atoms with E-state index < -0.39 is 0 Å². The van der Waals surface area contributed by atoms with E-state index in [-0.39, 0.29) is 18.0 Å². The van der Waals surface area contributed by atoms with Crippen molar-refractivity contribution in [2.45, 2.75) is 19.0 Å². The van der Waals surface area contributed by atoms with Gasteiger partial charge in [-0.1, -0.05) is 0 Å². The second kappa shape index (κ2) is 6.62. The Bertz CT molecular complexity index is 523. The highest BCUT2D eigenvalue weighted by molar-refractivity contribution is 7.07. The first-order chi connectivity index (χ1) is 9.59. The maximum atomic E-state index is 12.1. The van der Waals surface area contributed by atoms with E-state index in [9.17, 15) is 4.79 Å². The first-order valence-corrected chi connectivity index (χ1v) is 7.34. The molecule has 2 rings (SSSR count). The highest BCUT2D eigenvalue weighted by Gasteiger charge is 2.19. The maximum Gasteiger partial charge on any atom is 0.244 e. The fraction of sp³-hybridized carbons (Fsp3) is 0.462. The number of likely N-dealkylation sites (N-methyl/N-ethyl adjacent to an activating group) is 1. The van der Waals surface area contributed by atoms with Crippen molar-refractivity contribution in [3.05, 3.63) is 35.0 Å². The Kier molecular flexibility index (Phi) is 4.86. The van der Waals surface area contributed by atoms with Crippen LogP contribution in [-0.4, -0.2) is 46.2 Å². The summed E-state index contributed by atoms with van der Waals surface area (Å²) in [4.78, 5) is 18.1. The minimum atomic E-state index is -0.359. The van der Waals surface area contributed by atoms with Crippen LogP contribution < -0.4 is 5.32 Å². The van der Waals surface area contributed by atoms with Crippen molar-refractivity contribution in [2.75, 3.05) is 20.6 Å². The molecule has 0 aliphatic carbocycles. The van der Waals surface area contributed by atoms with Gasteiger partial charge < -0.3 is 10.2 Å². The van der Waals surface area contributed by atoms with Gasteiger partial charge >= 0.3 is 0 Å². The zero-order valence-electron chi connectivity index (χ0n) is 11.9. The fourth-order valence-corrected chi connectivity index (χ4v) is 2.65. The number of hydrogen-bond acceptors (Lipinski definition) is 5. The van der Waals surface area contributed by atoms with Gasteiger partial charge in [0.05, 0.1) is 6.04 Å². The molecule has 20 heavy (non-hydrogen) atoms. The van der Waals surface area contributed by atoms with E-state index in [4.69, 9.17) is 0 Å². The standard InChI is InChI=1S/C13H19N5OS/c1-10(18-9-14-8-16-18)13(19)15-6-12(17(2)3)11-4-5-20-7-11/h4-5,7-10,12H,6H2,1-3H3,(H,15,19)/t10-,12+/m0/s1. The minimum Gasteiger partial charge on any atom is -0.352 e. The lowest BCUT2D eigenvalue weighted by Crippen LogP contribution is -2.37. The molecule has 0 bridgehead atoms. The van der Waals surface area contributed by atoms with Gasteiger partial charge in [0.25, 0.3) is 0 Å². The maximum absolute atomic E-state index is 12.1. The van der Waals surface area contributed by atoms with Crippen LogP contribution in [0.2, 0.25) is 0 Å². The number of hydrogen-bond donors (Lipinski definition) is 1. The van der Waals surface area contributed by atoms with Crippen molar-refractivity contribution >= 4 is 17.2 Å². The molecule has 2 aromatic rings. The summed E-state index contributed by atoms with van der Waals surface area (Å²) >= 11 is 1.66. The van der Waals surface area contributed by atoms with Gasteiger partial charge in [-0.05, 0) is 43.4 Å². The molecule has 0 aliphatic rings. The van der Waals surface area contributed by atoms with Crippen LogP contribution in [0.5, 0.6) is 0 Å². The van der Waals surface area contributed by atoms with Crippen LogP contribution in [0.3, 0.4) is 0 Å². The summed E-state index contributed by atoms with van der Waals surface area (Å²) in [5.41, 5.74) is 1.22. The third-order valence-corrected chi connectivity index (χ3v) is 3.94. The SMILES string of the molecule is C[C@@H](C(=O)NC[C@H](c1ccsc1)N(C)C)n1cncn1. The van der Waals surface area contributed by atoms with Gasteiger partial charge in [0, 0.05) is 6.54 Å². The summed E-state index contributed by atoms with van der Waals surface area (Å²) < 4.78 is 1.55. The number of carbonyl (C=O) groups is 1. The summed E-state index contributed by atoms with van der Waals surface area (Å²) in [5, 5.41) is 11.1. The number of carbonyl (C=O) groups excluding carboxylic acids is 1. The van der Waals surface area contributed by atoms with Crippen LogP contribution >= 0.6 is 11.3 Å². The highest BCUT2D eigenvalue weighted by Crippen LogP contribution is 2.20. The number of aromatic nitrogens is 3. The molecular formula is C13H19N5OS. The molecule has 2 atom stereocenters. The van der Waals surface area contributed by atoms with Crippen LogP contribution in [0, 0.1) is 0 Å². The molecule has 1 N–H and O–H groups in total. The summed E-state index contributed by atoms with van der Waals surface area (Å²) in [6, 6.07) is 1.90. The highest BCUT2D eigenvalue weighted by atomic mass is 32.1. The molecule has 0 fully saturated rings. The summed E-state index contributed by atoms with van der Waals surface area (Å²) in [5.74, 6) is -0.0578. The Hall–Kier alpha value is -1.73. The van der Waals surface area contributed by atoms with Gasteiger partial charge in [-0.3, -0.25) is 4.79 Å². The average molecular weight is 293 g/mol. The molecule has 7 heteroatoms. The number of thiophene rings is 1. The first kappa shape index (κ1) is 14.7. The topological polar surface area (TPSA) is 63.1 Å². The van der Waals surface area contributed by atoms with Gasteiger partial charge in [-0.2, -0.15) is 16.4 Å². The molecular weight excluding hydrogens is 274 g/mol. The zero-order chi connectivity index (χ0) is 14.5. The van der Waals surface area contributed by atoms with E-state index in [1.807, 2.05) is 19.5 Å².